The molecule has 0 amide bonds. The van der Waals surface area contributed by atoms with Crippen molar-refractivity contribution in [2.75, 3.05) is 6.16 Å². The predicted molar refractivity (Wildman–Crippen MR) is 57.5 cm³/mol. The Labute approximate surface area is 80.6 Å². The summed E-state index contributed by atoms with van der Waals surface area (Å²) in [5.74, 6) is 0. The van der Waals surface area contributed by atoms with Crippen molar-refractivity contribution in [3.8, 4) is 0 Å². The van der Waals surface area contributed by atoms with E-state index in [1.54, 1.807) is 0 Å². The van der Waals surface area contributed by atoms with Crippen LogP contribution in [0.5, 0.6) is 0 Å². The van der Waals surface area contributed by atoms with Crippen molar-refractivity contribution in [2.45, 2.75) is 6.92 Å². The van der Waals surface area contributed by atoms with E-state index in [0.717, 1.165) is 11.5 Å². The normalized spacial score (nSPS) is 15.5. The fourth-order valence-corrected chi connectivity index (χ4v) is 5.27. The zero-order chi connectivity index (χ0) is 8.97. The number of halogens is 1. The zero-order valence-corrected chi connectivity index (χ0v) is 9.20. The molecule has 0 bridgehead atoms. The summed E-state index contributed by atoms with van der Waals surface area (Å²) < 4.78 is 11.1. The van der Waals surface area contributed by atoms with E-state index in [1.807, 2.05) is 37.3 Å². The van der Waals surface area contributed by atoms with Crippen LogP contribution in [0.3, 0.4) is 0 Å². The fourth-order valence-electron chi connectivity index (χ4n) is 0.961. The Hall–Kier alpha value is 0.0900. The quantitative estimate of drug-likeness (QED) is 0.565. The molecule has 4 heteroatoms. The second kappa shape index (κ2) is 4.96. The molecule has 2 unspecified atom stereocenters. The summed E-state index contributed by atoms with van der Waals surface area (Å²) in [6.07, 6.45) is 0.870. The summed E-state index contributed by atoms with van der Waals surface area (Å²) in [6.45, 7) is 2.01. The first-order valence-electron chi connectivity index (χ1n) is 3.66. The van der Waals surface area contributed by atoms with Crippen molar-refractivity contribution in [3.63, 3.8) is 0 Å². The lowest BCUT2D eigenvalue weighted by atomic mass is 10.4. The molecule has 1 aromatic carbocycles. The van der Waals surface area contributed by atoms with Crippen molar-refractivity contribution in [1.82, 2.24) is 0 Å². The van der Waals surface area contributed by atoms with Gasteiger partial charge in [-0.25, -0.2) is 4.21 Å². The molecule has 0 aliphatic rings. The maximum Gasteiger partial charge on any atom is 0.140 e. The van der Waals surface area contributed by atoms with E-state index < -0.39 is 16.8 Å². The fraction of sp³-hybridized carbons (Fsp3) is 0.250. The second-order valence-corrected chi connectivity index (χ2v) is 8.36. The highest BCUT2D eigenvalue weighted by atomic mass is 35.7. The van der Waals surface area contributed by atoms with Crippen LogP contribution in [0.2, 0.25) is 0 Å². The minimum atomic E-state index is -1.22. The molecule has 12 heavy (non-hydrogen) atoms. The van der Waals surface area contributed by atoms with Crippen LogP contribution in [0.25, 0.3) is 0 Å². The third-order valence-electron chi connectivity index (χ3n) is 1.50. The van der Waals surface area contributed by atoms with Crippen molar-refractivity contribution in [2.24, 2.45) is 0 Å². The summed E-state index contributed by atoms with van der Waals surface area (Å²) in [6, 6.07) is 9.81. The first-order valence-corrected chi connectivity index (χ1v) is 7.77. The standard InChI is InChI=1S/C8H10ClOPS/c1-2-11(12(9)10)8-6-4-3-5-7-8/h3-7H,2H2,1H3. The molecular formula is C8H10ClOPS. The van der Waals surface area contributed by atoms with Gasteiger partial charge in [0.1, 0.15) is 9.63 Å². The van der Waals surface area contributed by atoms with Crippen LogP contribution >= 0.6 is 17.8 Å². The molecule has 1 rings (SSSR count). The van der Waals surface area contributed by atoms with E-state index >= 15 is 0 Å². The highest BCUT2D eigenvalue weighted by Crippen LogP contribution is 2.40. The molecule has 1 nitrogen and oxygen atoms in total. The van der Waals surface area contributed by atoms with Crippen LogP contribution in [-0.4, -0.2) is 10.4 Å². The minimum absolute atomic E-state index is 0.675. The monoisotopic (exact) mass is 220 g/mol. The SMILES string of the molecule is CCP(c1ccccc1)S(=O)Cl. The average molecular weight is 221 g/mol. The van der Waals surface area contributed by atoms with Gasteiger partial charge in [0, 0.05) is 7.12 Å². The molecule has 0 aliphatic carbocycles. The first-order chi connectivity index (χ1) is 5.75. The minimum Gasteiger partial charge on any atom is -0.238 e. The van der Waals surface area contributed by atoms with Gasteiger partial charge in [0.05, 0.1) is 0 Å². The number of benzene rings is 1. The molecule has 0 saturated carbocycles. The zero-order valence-electron chi connectivity index (χ0n) is 6.74. The molecule has 0 aromatic heterocycles. The molecule has 1 aromatic rings. The predicted octanol–water partition coefficient (Wildman–Crippen LogP) is 2.63. The summed E-state index contributed by atoms with van der Waals surface area (Å²) in [5.41, 5.74) is 0. The van der Waals surface area contributed by atoms with Crippen LogP contribution in [0.1, 0.15) is 6.92 Å². The van der Waals surface area contributed by atoms with Crippen molar-refractivity contribution >= 4 is 32.7 Å². The lowest BCUT2D eigenvalue weighted by molar-refractivity contribution is 0.698. The van der Waals surface area contributed by atoms with Crippen LogP contribution < -0.4 is 5.30 Å². The maximum atomic E-state index is 11.1. The first kappa shape index (κ1) is 10.2. The highest BCUT2D eigenvalue weighted by Gasteiger charge is 2.13. The van der Waals surface area contributed by atoms with Gasteiger partial charge in [-0.1, -0.05) is 37.3 Å². The maximum absolute atomic E-state index is 11.1. The number of rotatable bonds is 3. The van der Waals surface area contributed by atoms with Crippen LogP contribution in [-0.2, 0) is 9.63 Å². The van der Waals surface area contributed by atoms with Crippen molar-refractivity contribution < 1.29 is 4.21 Å². The Kier molecular flexibility index (Phi) is 4.20. The van der Waals surface area contributed by atoms with Gasteiger partial charge < -0.3 is 0 Å². The summed E-state index contributed by atoms with van der Waals surface area (Å²) in [5, 5.41) is 1.11. The Morgan fingerprint density at radius 1 is 1.42 bits per heavy atom. The van der Waals surface area contributed by atoms with Gasteiger partial charge in [-0.05, 0) is 22.1 Å². The molecule has 2 atom stereocenters. The Balaban J connectivity index is 2.88. The van der Waals surface area contributed by atoms with Crippen molar-refractivity contribution in [3.05, 3.63) is 30.3 Å². The molecule has 66 valence electrons. The topological polar surface area (TPSA) is 17.1 Å². The van der Waals surface area contributed by atoms with E-state index in [4.69, 9.17) is 10.7 Å². The van der Waals surface area contributed by atoms with Gasteiger partial charge in [0.15, 0.2) is 0 Å². The third kappa shape index (κ3) is 2.55. The van der Waals surface area contributed by atoms with Crippen LogP contribution in [0.15, 0.2) is 30.3 Å². The molecule has 0 radical (unpaired) electrons. The van der Waals surface area contributed by atoms with E-state index in [9.17, 15) is 4.21 Å². The molecule has 0 saturated heterocycles. The van der Waals surface area contributed by atoms with Gasteiger partial charge >= 0.3 is 0 Å². The molecular weight excluding hydrogens is 211 g/mol. The van der Waals surface area contributed by atoms with Gasteiger partial charge in [-0.3, -0.25) is 0 Å². The number of hydrogen-bond acceptors (Lipinski definition) is 1. The van der Waals surface area contributed by atoms with E-state index in [1.165, 1.54) is 0 Å². The van der Waals surface area contributed by atoms with Gasteiger partial charge in [-0.2, -0.15) is 0 Å². The second-order valence-electron chi connectivity index (χ2n) is 2.24. The van der Waals surface area contributed by atoms with Crippen LogP contribution in [0, 0.1) is 0 Å². The van der Waals surface area contributed by atoms with E-state index in [0.29, 0.717) is 0 Å². The van der Waals surface area contributed by atoms with Gasteiger partial charge in [0.2, 0.25) is 0 Å². The summed E-state index contributed by atoms with van der Waals surface area (Å²) in [7, 11) is 3.69. The molecule has 0 heterocycles. The van der Waals surface area contributed by atoms with Gasteiger partial charge in [0.25, 0.3) is 0 Å². The third-order valence-corrected chi connectivity index (χ3v) is 7.25. The highest BCUT2D eigenvalue weighted by molar-refractivity contribution is 8.59. The molecule has 0 N–H and O–H groups in total. The number of hydrogen-bond donors (Lipinski definition) is 0. The Morgan fingerprint density at radius 2 is 2.00 bits per heavy atom. The van der Waals surface area contributed by atoms with E-state index in [2.05, 4.69) is 0 Å². The lowest BCUT2D eigenvalue weighted by Gasteiger charge is -2.09. The Morgan fingerprint density at radius 3 is 2.42 bits per heavy atom. The summed E-state index contributed by atoms with van der Waals surface area (Å²) in [4.78, 5) is 0. The lowest BCUT2D eigenvalue weighted by Crippen LogP contribution is -2.02. The molecule has 0 aliphatic heterocycles. The van der Waals surface area contributed by atoms with Crippen LogP contribution in [0.4, 0.5) is 0 Å². The van der Waals surface area contributed by atoms with Gasteiger partial charge in [-0.15, -0.1) is 0 Å². The molecule has 0 spiro atoms. The summed E-state index contributed by atoms with van der Waals surface area (Å²) >= 11 is 0. The largest absolute Gasteiger partial charge is 0.238 e. The smallest absolute Gasteiger partial charge is 0.140 e. The van der Waals surface area contributed by atoms with Crippen molar-refractivity contribution in [1.29, 1.82) is 0 Å². The molecule has 0 fully saturated rings. The van der Waals surface area contributed by atoms with E-state index in [-0.39, 0.29) is 0 Å². The average Bonchev–Trinajstić information content (AvgIpc) is 2.07. The Bertz CT molecular complexity index is 265.